The first-order chi connectivity index (χ1) is 11.5. The largest absolute Gasteiger partial charge is 0.451 e. The Morgan fingerprint density at radius 2 is 1.96 bits per heavy atom. The second-order valence-electron chi connectivity index (χ2n) is 4.65. The number of hydrazone groups is 1. The number of rotatable bonds is 4. The molecule has 2 rings (SSSR count). The summed E-state index contributed by atoms with van der Waals surface area (Å²) in [5, 5.41) is 3.51. The molecule has 1 aliphatic rings. The average molecular weight is 336 g/mol. The number of esters is 1. The third-order valence-corrected chi connectivity index (χ3v) is 2.91. The highest BCUT2D eigenvalue weighted by molar-refractivity contribution is 6.37. The van der Waals surface area contributed by atoms with Gasteiger partial charge in [0.25, 0.3) is 11.8 Å². The summed E-state index contributed by atoms with van der Waals surface area (Å²) in [7, 11) is 0. The topological polar surface area (TPSA) is 126 Å². The second kappa shape index (κ2) is 7.81. The van der Waals surface area contributed by atoms with Gasteiger partial charge in [-0.15, -0.1) is 0 Å². The first-order valence-electron chi connectivity index (χ1n) is 6.83. The lowest BCUT2D eigenvalue weighted by Crippen LogP contribution is -2.44. The molecule has 0 bridgehead atoms. The van der Waals surface area contributed by atoms with Crippen LogP contribution >= 0.6 is 0 Å². The molecule has 0 radical (unpaired) electrons. The Kier molecular flexibility index (Phi) is 5.55. The van der Waals surface area contributed by atoms with Crippen molar-refractivity contribution in [2.75, 3.05) is 6.61 Å². The van der Waals surface area contributed by atoms with Crippen LogP contribution in [0.1, 0.15) is 23.2 Å². The standard InChI is InChI=1S/C14H13FN4O5/c15-9-4-2-1-3-8(9)13(22)19-18-12(21)7-24-14(23)10-5-6-11(20)17-16-10/h1-4H,5-7H2,(H,17,20)(H,18,21)(H,19,22). The van der Waals surface area contributed by atoms with E-state index in [2.05, 4.69) is 15.3 Å². The van der Waals surface area contributed by atoms with Crippen LogP contribution < -0.4 is 16.3 Å². The van der Waals surface area contributed by atoms with E-state index in [1.165, 1.54) is 18.2 Å². The van der Waals surface area contributed by atoms with E-state index in [0.717, 1.165) is 6.07 Å². The number of halogens is 1. The molecule has 9 nitrogen and oxygen atoms in total. The minimum absolute atomic E-state index is 0.0159. The fourth-order valence-electron chi connectivity index (χ4n) is 1.71. The number of nitrogens with zero attached hydrogens (tertiary/aromatic N) is 1. The van der Waals surface area contributed by atoms with Gasteiger partial charge in [-0.05, 0) is 12.1 Å². The third kappa shape index (κ3) is 4.60. The molecule has 126 valence electrons. The lowest BCUT2D eigenvalue weighted by molar-refractivity contribution is -0.142. The maximum absolute atomic E-state index is 13.4. The number of amides is 3. The maximum Gasteiger partial charge on any atom is 0.355 e. The number of hydrogen-bond acceptors (Lipinski definition) is 6. The van der Waals surface area contributed by atoms with Crippen LogP contribution in [0.3, 0.4) is 0 Å². The van der Waals surface area contributed by atoms with Crippen molar-refractivity contribution in [3.8, 4) is 0 Å². The highest BCUT2D eigenvalue weighted by Crippen LogP contribution is 2.05. The summed E-state index contributed by atoms with van der Waals surface area (Å²) >= 11 is 0. The van der Waals surface area contributed by atoms with E-state index in [1.807, 2.05) is 10.9 Å². The van der Waals surface area contributed by atoms with E-state index in [0.29, 0.717) is 0 Å². The van der Waals surface area contributed by atoms with E-state index >= 15 is 0 Å². The molecule has 1 aromatic carbocycles. The normalized spacial score (nSPS) is 13.4. The molecule has 24 heavy (non-hydrogen) atoms. The Labute approximate surface area is 135 Å². The number of nitrogens with one attached hydrogen (secondary N) is 3. The molecule has 0 saturated heterocycles. The van der Waals surface area contributed by atoms with Gasteiger partial charge in [0.1, 0.15) is 11.5 Å². The molecule has 0 fully saturated rings. The smallest absolute Gasteiger partial charge is 0.355 e. The van der Waals surface area contributed by atoms with Gasteiger partial charge in [0.2, 0.25) is 5.91 Å². The number of hydrogen-bond donors (Lipinski definition) is 3. The molecule has 0 unspecified atom stereocenters. The fourth-order valence-corrected chi connectivity index (χ4v) is 1.71. The number of benzene rings is 1. The van der Waals surface area contributed by atoms with Crippen LogP contribution in [-0.4, -0.2) is 36.0 Å². The predicted molar refractivity (Wildman–Crippen MR) is 77.8 cm³/mol. The van der Waals surface area contributed by atoms with Crippen LogP contribution in [0.2, 0.25) is 0 Å². The molecular weight excluding hydrogens is 323 g/mol. The Hall–Kier alpha value is -3.30. The molecule has 3 N–H and O–H groups in total. The summed E-state index contributed by atoms with van der Waals surface area (Å²) in [6.07, 6.45) is 0.204. The summed E-state index contributed by atoms with van der Waals surface area (Å²) in [4.78, 5) is 45.6. The van der Waals surface area contributed by atoms with Crippen LogP contribution in [0.4, 0.5) is 4.39 Å². The molecule has 0 aromatic heterocycles. The molecule has 1 aromatic rings. The van der Waals surface area contributed by atoms with Gasteiger partial charge >= 0.3 is 5.97 Å². The number of ether oxygens (including phenoxy) is 1. The molecule has 1 aliphatic heterocycles. The van der Waals surface area contributed by atoms with E-state index in [1.54, 1.807) is 0 Å². The lowest BCUT2D eigenvalue weighted by atomic mass is 10.2. The van der Waals surface area contributed by atoms with E-state index < -0.39 is 30.2 Å². The van der Waals surface area contributed by atoms with E-state index in [9.17, 15) is 23.6 Å². The Morgan fingerprint density at radius 1 is 1.21 bits per heavy atom. The fraction of sp³-hybridized carbons (Fsp3) is 0.214. The van der Waals surface area contributed by atoms with E-state index in [4.69, 9.17) is 0 Å². The Morgan fingerprint density at radius 3 is 2.62 bits per heavy atom. The van der Waals surface area contributed by atoms with Crippen molar-refractivity contribution in [2.45, 2.75) is 12.8 Å². The zero-order valence-electron chi connectivity index (χ0n) is 12.3. The van der Waals surface area contributed by atoms with Gasteiger partial charge in [0, 0.05) is 12.8 Å². The van der Waals surface area contributed by atoms with Crippen LogP contribution in [0.5, 0.6) is 0 Å². The predicted octanol–water partition coefficient (Wildman–Crippen LogP) is -0.604. The number of hydrazine groups is 1. The summed E-state index contributed by atoms with van der Waals surface area (Å²) in [5.74, 6) is -3.60. The quantitative estimate of drug-likeness (QED) is 0.500. The molecule has 0 saturated carbocycles. The zero-order valence-corrected chi connectivity index (χ0v) is 12.3. The van der Waals surface area contributed by atoms with Gasteiger partial charge in [0.15, 0.2) is 6.61 Å². The molecule has 0 aliphatic carbocycles. The maximum atomic E-state index is 13.4. The van der Waals surface area contributed by atoms with Gasteiger partial charge in [-0.2, -0.15) is 5.10 Å². The van der Waals surface area contributed by atoms with Crippen molar-refractivity contribution in [3.63, 3.8) is 0 Å². The van der Waals surface area contributed by atoms with E-state index in [-0.39, 0.29) is 30.0 Å². The minimum Gasteiger partial charge on any atom is -0.451 e. The number of carbonyl (C=O) groups is 4. The highest BCUT2D eigenvalue weighted by atomic mass is 19.1. The van der Waals surface area contributed by atoms with Gasteiger partial charge in [-0.1, -0.05) is 12.1 Å². The molecule has 0 spiro atoms. The Balaban J connectivity index is 1.75. The average Bonchev–Trinajstić information content (AvgIpc) is 2.58. The van der Waals surface area contributed by atoms with Crippen molar-refractivity contribution in [1.29, 1.82) is 0 Å². The monoisotopic (exact) mass is 336 g/mol. The minimum atomic E-state index is -0.856. The van der Waals surface area contributed by atoms with Crippen molar-refractivity contribution in [3.05, 3.63) is 35.6 Å². The first kappa shape index (κ1) is 17.1. The second-order valence-corrected chi connectivity index (χ2v) is 4.65. The van der Waals surface area contributed by atoms with Gasteiger partial charge in [-0.3, -0.25) is 25.2 Å². The Bertz CT molecular complexity index is 719. The van der Waals surface area contributed by atoms with Crippen LogP contribution in [0, 0.1) is 5.82 Å². The van der Waals surface area contributed by atoms with Gasteiger partial charge < -0.3 is 4.74 Å². The van der Waals surface area contributed by atoms with Crippen molar-refractivity contribution >= 4 is 29.4 Å². The summed E-state index contributed by atoms with van der Waals surface area (Å²) in [6, 6.07) is 5.22. The molecule has 1 heterocycles. The van der Waals surface area contributed by atoms with Crippen LogP contribution in [-0.2, 0) is 19.1 Å². The van der Waals surface area contributed by atoms with Crippen molar-refractivity contribution < 1.29 is 28.3 Å². The number of carbonyl (C=O) groups excluding carboxylic acids is 4. The van der Waals surface area contributed by atoms with Gasteiger partial charge in [0.05, 0.1) is 5.56 Å². The third-order valence-electron chi connectivity index (χ3n) is 2.91. The molecular formula is C14H13FN4O5. The summed E-state index contributed by atoms with van der Waals surface area (Å²) in [6.45, 7) is -0.677. The van der Waals surface area contributed by atoms with Crippen LogP contribution in [0.25, 0.3) is 0 Å². The molecule has 3 amide bonds. The van der Waals surface area contributed by atoms with Crippen LogP contribution in [0.15, 0.2) is 29.4 Å². The van der Waals surface area contributed by atoms with Gasteiger partial charge in [-0.25, -0.2) is 14.6 Å². The summed E-state index contributed by atoms with van der Waals surface area (Å²) in [5.41, 5.74) is 5.83. The van der Waals surface area contributed by atoms with Crippen molar-refractivity contribution in [1.82, 2.24) is 16.3 Å². The summed E-state index contributed by atoms with van der Waals surface area (Å²) < 4.78 is 18.0. The highest BCUT2D eigenvalue weighted by Gasteiger charge is 2.20. The molecule has 10 heteroatoms. The lowest BCUT2D eigenvalue weighted by Gasteiger charge is -2.11. The molecule has 0 atom stereocenters. The zero-order chi connectivity index (χ0) is 17.5. The van der Waals surface area contributed by atoms with Crippen molar-refractivity contribution in [2.24, 2.45) is 5.10 Å². The first-order valence-corrected chi connectivity index (χ1v) is 6.83. The SMILES string of the molecule is O=C1CCC(C(=O)OCC(=O)NNC(=O)c2ccccc2F)=NN1.